The van der Waals surface area contributed by atoms with E-state index in [1.807, 2.05) is 6.08 Å². The van der Waals surface area contributed by atoms with Gasteiger partial charge >= 0.3 is 11.9 Å². The van der Waals surface area contributed by atoms with Crippen molar-refractivity contribution in [3.63, 3.8) is 0 Å². The van der Waals surface area contributed by atoms with E-state index in [1.165, 1.54) is 19.1 Å². The zero-order valence-electron chi connectivity index (χ0n) is 13.0. The van der Waals surface area contributed by atoms with Gasteiger partial charge in [-0.2, -0.15) is 0 Å². The molecule has 22 heavy (non-hydrogen) atoms. The third-order valence-corrected chi connectivity index (χ3v) is 3.36. The summed E-state index contributed by atoms with van der Waals surface area (Å²) in [6, 6.07) is 0. The molecule has 0 bridgehead atoms. The van der Waals surface area contributed by atoms with E-state index < -0.39 is 30.4 Å². The average molecular weight is 308 g/mol. The number of unbranched alkanes of at least 4 members (excludes halogenated alkanes) is 2. The smallest absolute Gasteiger partial charge is 0.306 e. The van der Waals surface area contributed by atoms with Crippen LogP contribution in [-0.2, 0) is 23.8 Å². The van der Waals surface area contributed by atoms with Gasteiger partial charge in [0.1, 0.15) is 12.2 Å². The molecule has 1 aliphatic rings. The molecule has 0 unspecified atom stereocenters. The highest BCUT2D eigenvalue weighted by Gasteiger charge is 2.46. The van der Waals surface area contributed by atoms with Crippen molar-refractivity contribution in [2.45, 2.75) is 57.0 Å². The Labute approximate surface area is 131 Å². The first-order chi connectivity index (χ1) is 10.5. The highest BCUT2D eigenvalue weighted by molar-refractivity contribution is 5.70. The van der Waals surface area contributed by atoms with E-state index in [0.717, 1.165) is 19.3 Å². The topological polar surface area (TPSA) is 61.8 Å². The fraction of sp³-hybridized carbons (Fsp3) is 0.529. The van der Waals surface area contributed by atoms with Crippen molar-refractivity contribution >= 4 is 11.9 Å². The molecule has 5 heteroatoms. The maximum atomic E-state index is 11.9. The lowest BCUT2D eigenvalue weighted by molar-refractivity contribution is -0.164. The molecule has 0 aliphatic carbocycles. The highest BCUT2D eigenvalue weighted by Crippen LogP contribution is 2.28. The van der Waals surface area contributed by atoms with Gasteiger partial charge in [0.15, 0.2) is 12.2 Å². The van der Waals surface area contributed by atoms with E-state index in [0.29, 0.717) is 6.42 Å². The Morgan fingerprint density at radius 1 is 1.05 bits per heavy atom. The summed E-state index contributed by atoms with van der Waals surface area (Å²) in [6.07, 6.45) is 5.21. The average Bonchev–Trinajstić information content (AvgIpc) is 2.80. The Balaban J connectivity index is 2.66. The Morgan fingerprint density at radius 3 is 2.14 bits per heavy atom. The van der Waals surface area contributed by atoms with Gasteiger partial charge in [-0.15, -0.1) is 19.7 Å². The summed E-state index contributed by atoms with van der Waals surface area (Å²) in [5.74, 6) is -0.802. The van der Waals surface area contributed by atoms with Crippen LogP contribution in [0.4, 0.5) is 0 Å². The summed E-state index contributed by atoms with van der Waals surface area (Å²) in [7, 11) is 0. The maximum absolute atomic E-state index is 11.9. The molecule has 0 aromatic heterocycles. The summed E-state index contributed by atoms with van der Waals surface area (Å²) in [6.45, 7) is 12.3. The Kier molecular flexibility index (Phi) is 7.60. The monoisotopic (exact) mass is 308 g/mol. The fourth-order valence-corrected chi connectivity index (χ4v) is 2.32. The molecule has 0 saturated carbocycles. The van der Waals surface area contributed by atoms with Gasteiger partial charge in [0, 0.05) is 13.3 Å². The molecule has 0 aromatic rings. The zero-order valence-corrected chi connectivity index (χ0v) is 13.0. The van der Waals surface area contributed by atoms with Gasteiger partial charge in [0.05, 0.1) is 0 Å². The second-order valence-electron chi connectivity index (χ2n) is 5.10. The van der Waals surface area contributed by atoms with Crippen LogP contribution in [0.2, 0.25) is 0 Å². The van der Waals surface area contributed by atoms with Gasteiger partial charge in [0.25, 0.3) is 0 Å². The normalized spacial score (nSPS) is 27.0. The van der Waals surface area contributed by atoms with Crippen molar-refractivity contribution in [1.29, 1.82) is 0 Å². The van der Waals surface area contributed by atoms with Crippen molar-refractivity contribution in [2.24, 2.45) is 0 Å². The number of ether oxygens (including phenoxy) is 3. The van der Waals surface area contributed by atoms with Gasteiger partial charge in [0.2, 0.25) is 0 Å². The number of hydrogen-bond donors (Lipinski definition) is 0. The van der Waals surface area contributed by atoms with E-state index in [1.54, 1.807) is 0 Å². The third-order valence-electron chi connectivity index (χ3n) is 3.36. The maximum Gasteiger partial charge on any atom is 0.306 e. The van der Waals surface area contributed by atoms with Crippen LogP contribution in [0.3, 0.4) is 0 Å². The Hall–Kier alpha value is -1.88. The van der Waals surface area contributed by atoms with E-state index in [2.05, 4.69) is 19.7 Å². The van der Waals surface area contributed by atoms with E-state index in [9.17, 15) is 9.59 Å². The fourth-order valence-electron chi connectivity index (χ4n) is 2.32. The van der Waals surface area contributed by atoms with Crippen LogP contribution in [0, 0.1) is 0 Å². The first-order valence-corrected chi connectivity index (χ1v) is 7.41. The number of carbonyl (C=O) groups excluding carboxylic acids is 2. The van der Waals surface area contributed by atoms with Crippen molar-refractivity contribution < 1.29 is 23.8 Å². The van der Waals surface area contributed by atoms with Crippen LogP contribution >= 0.6 is 0 Å². The summed E-state index contributed by atoms with van der Waals surface area (Å²) in [4.78, 5) is 23.2. The predicted octanol–water partition coefficient (Wildman–Crippen LogP) is 2.72. The molecule has 0 aromatic carbocycles. The predicted molar refractivity (Wildman–Crippen MR) is 83.2 cm³/mol. The van der Waals surface area contributed by atoms with Crippen LogP contribution < -0.4 is 0 Å². The lowest BCUT2D eigenvalue weighted by Gasteiger charge is -2.22. The van der Waals surface area contributed by atoms with Crippen molar-refractivity contribution in [3.05, 3.63) is 38.0 Å². The van der Waals surface area contributed by atoms with Gasteiger partial charge in [-0.05, 0) is 19.3 Å². The van der Waals surface area contributed by atoms with Crippen molar-refractivity contribution in [1.82, 2.24) is 0 Å². The number of hydrogen-bond acceptors (Lipinski definition) is 5. The molecule has 5 nitrogen and oxygen atoms in total. The lowest BCUT2D eigenvalue weighted by Crippen LogP contribution is -2.39. The van der Waals surface area contributed by atoms with Crippen LogP contribution in [-0.4, -0.2) is 36.4 Å². The molecule has 1 saturated heterocycles. The summed E-state index contributed by atoms with van der Waals surface area (Å²) >= 11 is 0. The summed E-state index contributed by atoms with van der Waals surface area (Å²) in [5, 5.41) is 0. The van der Waals surface area contributed by atoms with E-state index in [-0.39, 0.29) is 5.97 Å². The quantitative estimate of drug-likeness (QED) is 0.372. The minimum Gasteiger partial charge on any atom is -0.455 e. The van der Waals surface area contributed by atoms with Crippen molar-refractivity contribution in [2.75, 3.05) is 0 Å². The van der Waals surface area contributed by atoms with E-state index >= 15 is 0 Å². The van der Waals surface area contributed by atoms with Crippen LogP contribution in [0.1, 0.15) is 32.6 Å². The molecular formula is C17H24O5. The first kappa shape index (κ1) is 18.2. The number of rotatable bonds is 9. The number of allylic oxidation sites excluding steroid dienone is 1. The molecule has 4 atom stereocenters. The molecule has 0 amide bonds. The van der Waals surface area contributed by atoms with E-state index in [4.69, 9.17) is 14.2 Å². The number of esters is 2. The first-order valence-electron chi connectivity index (χ1n) is 7.41. The SMILES string of the molecule is C=CCCCCC(=O)O[C@H]1[C@@H](OC(C)=O)[C@@H](C=C)O[C@H]1C=C. The standard InChI is InChI=1S/C17H24O5/c1-5-8-9-10-11-15(19)22-17-14(7-3)21-13(6-2)16(17)20-12(4)18/h5-7,13-14,16-17H,1-3,8-11H2,4H3/t13-,14+,16+,17-/m1/s1. The van der Waals surface area contributed by atoms with Crippen LogP contribution in [0.5, 0.6) is 0 Å². The van der Waals surface area contributed by atoms with Gasteiger partial charge in [-0.3, -0.25) is 9.59 Å². The molecule has 122 valence electrons. The van der Waals surface area contributed by atoms with Crippen molar-refractivity contribution in [3.8, 4) is 0 Å². The second-order valence-corrected chi connectivity index (χ2v) is 5.10. The largest absolute Gasteiger partial charge is 0.455 e. The molecule has 0 spiro atoms. The number of carbonyl (C=O) groups is 2. The zero-order chi connectivity index (χ0) is 16.5. The molecule has 0 N–H and O–H groups in total. The minimum absolute atomic E-state index is 0.305. The third kappa shape index (κ3) is 5.15. The second kappa shape index (κ2) is 9.20. The Bertz CT molecular complexity index is 429. The minimum atomic E-state index is -0.699. The Morgan fingerprint density at radius 2 is 1.64 bits per heavy atom. The summed E-state index contributed by atoms with van der Waals surface area (Å²) < 4.78 is 16.3. The molecular weight excluding hydrogens is 284 g/mol. The summed E-state index contributed by atoms with van der Waals surface area (Å²) in [5.41, 5.74) is 0. The molecule has 1 heterocycles. The lowest BCUT2D eigenvalue weighted by atomic mass is 10.1. The molecule has 1 aliphatic heterocycles. The van der Waals surface area contributed by atoms with Gasteiger partial charge in [-0.1, -0.05) is 18.2 Å². The van der Waals surface area contributed by atoms with Gasteiger partial charge in [-0.25, -0.2) is 0 Å². The highest BCUT2D eigenvalue weighted by atomic mass is 16.6. The van der Waals surface area contributed by atoms with Crippen LogP contribution in [0.25, 0.3) is 0 Å². The van der Waals surface area contributed by atoms with Crippen LogP contribution in [0.15, 0.2) is 38.0 Å². The molecule has 1 rings (SSSR count). The van der Waals surface area contributed by atoms with Gasteiger partial charge < -0.3 is 14.2 Å². The molecule has 0 radical (unpaired) electrons. The molecule has 1 fully saturated rings.